The number of aromatic nitrogens is 1. The Bertz CT molecular complexity index is 831. The number of piperidine rings is 1. The third-order valence-electron chi connectivity index (χ3n) is 7.28. The van der Waals surface area contributed by atoms with Gasteiger partial charge in [-0.15, -0.1) is 0 Å². The summed E-state index contributed by atoms with van der Waals surface area (Å²) in [6, 6.07) is 5.39. The van der Waals surface area contributed by atoms with Crippen molar-refractivity contribution in [1.29, 1.82) is 0 Å². The molecule has 0 spiro atoms. The first-order valence-corrected chi connectivity index (χ1v) is 9.74. The summed E-state index contributed by atoms with van der Waals surface area (Å²) in [5, 5.41) is 9.67. The summed E-state index contributed by atoms with van der Waals surface area (Å²) in [6.45, 7) is 1.92. The van der Waals surface area contributed by atoms with Gasteiger partial charge >= 0.3 is 5.97 Å². The molecule has 26 heavy (non-hydrogen) atoms. The Morgan fingerprint density at radius 2 is 1.77 bits per heavy atom. The Morgan fingerprint density at radius 1 is 1.00 bits per heavy atom. The number of likely N-dealkylation sites (tertiary alicyclic amines) is 1. The van der Waals surface area contributed by atoms with Gasteiger partial charge in [0.15, 0.2) is 0 Å². The molecule has 1 N–H and O–H groups in total. The molecule has 1 aromatic rings. The fourth-order valence-corrected chi connectivity index (χ4v) is 6.29. The quantitative estimate of drug-likeness (QED) is 0.872. The number of carbonyl (C=O) groups is 2. The molecule has 1 amide bonds. The van der Waals surface area contributed by atoms with E-state index in [1.807, 2.05) is 15.5 Å². The van der Waals surface area contributed by atoms with Gasteiger partial charge in [-0.25, -0.2) is 0 Å². The molecule has 0 unspecified atom stereocenters. The number of amides is 1. The molecule has 2 aliphatic heterocycles. The van der Waals surface area contributed by atoms with Crippen molar-refractivity contribution < 1.29 is 14.7 Å². The molecule has 2 saturated carbocycles. The van der Waals surface area contributed by atoms with Crippen molar-refractivity contribution in [3.05, 3.63) is 34.2 Å². The second kappa shape index (κ2) is 5.69. The van der Waals surface area contributed by atoms with Gasteiger partial charge in [0.1, 0.15) is 0 Å². The van der Waals surface area contributed by atoms with Gasteiger partial charge in [-0.05, 0) is 49.5 Å². The van der Waals surface area contributed by atoms with E-state index in [2.05, 4.69) is 0 Å². The van der Waals surface area contributed by atoms with E-state index in [4.69, 9.17) is 0 Å². The highest BCUT2D eigenvalue weighted by molar-refractivity contribution is 5.86. The zero-order valence-corrected chi connectivity index (χ0v) is 14.7. The fourth-order valence-electron chi connectivity index (χ4n) is 6.29. The number of carboxylic acid groups (broad SMARTS) is 1. The summed E-state index contributed by atoms with van der Waals surface area (Å²) in [7, 11) is 0. The number of carboxylic acids is 1. The van der Waals surface area contributed by atoms with Gasteiger partial charge in [0.2, 0.25) is 5.91 Å². The minimum absolute atomic E-state index is 0.0380. The number of rotatable bonds is 2. The van der Waals surface area contributed by atoms with Crippen LogP contribution in [0.4, 0.5) is 0 Å². The molecule has 5 rings (SSSR count). The average molecular weight is 356 g/mol. The highest BCUT2D eigenvalue weighted by Crippen LogP contribution is 2.53. The summed E-state index contributed by atoms with van der Waals surface area (Å²) in [6.07, 6.45) is 3.84. The predicted molar refractivity (Wildman–Crippen MR) is 93.6 cm³/mol. The Labute approximate surface area is 151 Å². The maximum atomic E-state index is 13.3. The molecule has 1 saturated heterocycles. The van der Waals surface area contributed by atoms with Crippen LogP contribution in [0.3, 0.4) is 0 Å². The Balaban J connectivity index is 1.41. The van der Waals surface area contributed by atoms with Crippen LogP contribution in [0, 0.1) is 29.6 Å². The molecular weight excluding hydrogens is 332 g/mol. The molecule has 4 aliphatic rings. The average Bonchev–Trinajstić information content (AvgIpc) is 3.23. The van der Waals surface area contributed by atoms with Crippen LogP contribution in [-0.4, -0.2) is 39.5 Å². The highest BCUT2D eigenvalue weighted by Gasteiger charge is 2.55. The minimum atomic E-state index is -0.801. The fraction of sp³-hybridized carbons (Fsp3) is 0.650. The van der Waals surface area contributed by atoms with Crippen molar-refractivity contribution in [2.45, 2.75) is 38.1 Å². The molecule has 3 heterocycles. The van der Waals surface area contributed by atoms with Crippen molar-refractivity contribution in [3.63, 3.8) is 0 Å². The zero-order valence-electron chi connectivity index (χ0n) is 14.7. The molecule has 6 atom stereocenters. The first kappa shape index (κ1) is 16.1. The second-order valence-corrected chi connectivity index (χ2v) is 8.66. The number of nitrogens with zero attached hydrogens (tertiary/aromatic N) is 2. The molecule has 4 bridgehead atoms. The van der Waals surface area contributed by atoms with Crippen molar-refractivity contribution in [3.8, 4) is 0 Å². The third kappa shape index (κ3) is 2.27. The topological polar surface area (TPSA) is 79.6 Å². The lowest BCUT2D eigenvalue weighted by atomic mass is 9.77. The van der Waals surface area contributed by atoms with Crippen LogP contribution in [-0.2, 0) is 16.1 Å². The Hall–Kier alpha value is -2.11. The summed E-state index contributed by atoms with van der Waals surface area (Å²) >= 11 is 0. The number of fused-ring (bicyclic) bond motifs is 6. The first-order chi connectivity index (χ1) is 12.5. The van der Waals surface area contributed by atoms with Gasteiger partial charge in [-0.2, -0.15) is 0 Å². The number of hydrogen-bond donors (Lipinski definition) is 1. The molecule has 6 heteroatoms. The van der Waals surface area contributed by atoms with Crippen LogP contribution >= 0.6 is 0 Å². The standard InChI is InChI=1S/C20H24N2O4/c23-16-3-1-2-15-14-6-11(9-22(15)16)8-21(10-14)19(24)17-12-4-5-13(7-12)18(17)20(25)26/h1-3,11-14,17-18H,4-10H2,(H,25,26)/t11-,12-,13-,14-,17-,18+/m0/s1. The predicted octanol–water partition coefficient (Wildman–Crippen LogP) is 1.54. The van der Waals surface area contributed by atoms with Gasteiger partial charge < -0.3 is 14.6 Å². The zero-order chi connectivity index (χ0) is 18.0. The molecule has 6 nitrogen and oxygen atoms in total. The Morgan fingerprint density at radius 3 is 2.54 bits per heavy atom. The Kier molecular flexibility index (Phi) is 3.52. The maximum absolute atomic E-state index is 13.3. The van der Waals surface area contributed by atoms with Gasteiger partial charge in [0.05, 0.1) is 11.8 Å². The first-order valence-electron chi connectivity index (χ1n) is 9.74. The van der Waals surface area contributed by atoms with Crippen molar-refractivity contribution >= 4 is 11.9 Å². The summed E-state index contributed by atoms with van der Waals surface area (Å²) in [5.74, 6) is -0.716. The van der Waals surface area contributed by atoms with E-state index in [9.17, 15) is 19.5 Å². The SMILES string of the molecule is O=C(O)[C@@H]1[C@H]2CC[C@@H](C2)[C@@H]1C(=O)N1C[C@@H]2C[C@@H](C1)c1cccc(=O)n1C2. The smallest absolute Gasteiger partial charge is 0.307 e. The van der Waals surface area contributed by atoms with Crippen LogP contribution < -0.4 is 5.56 Å². The van der Waals surface area contributed by atoms with Crippen LogP contribution in [0.1, 0.15) is 37.3 Å². The number of carbonyl (C=O) groups excluding carboxylic acids is 1. The van der Waals surface area contributed by atoms with E-state index in [-0.39, 0.29) is 41.1 Å². The normalized spacial score (nSPS) is 37.5. The number of pyridine rings is 1. The second-order valence-electron chi connectivity index (χ2n) is 8.66. The van der Waals surface area contributed by atoms with Crippen LogP contribution in [0.5, 0.6) is 0 Å². The molecule has 1 aromatic heterocycles. The van der Waals surface area contributed by atoms with Crippen molar-refractivity contribution in [1.82, 2.24) is 9.47 Å². The molecule has 2 aliphatic carbocycles. The van der Waals surface area contributed by atoms with E-state index in [1.54, 1.807) is 12.1 Å². The lowest BCUT2D eigenvalue weighted by Gasteiger charge is -2.44. The monoisotopic (exact) mass is 356 g/mol. The summed E-state index contributed by atoms with van der Waals surface area (Å²) in [5.41, 5.74) is 1.06. The lowest BCUT2D eigenvalue weighted by molar-refractivity contribution is -0.154. The molecule has 138 valence electrons. The van der Waals surface area contributed by atoms with Crippen LogP contribution in [0.15, 0.2) is 23.0 Å². The van der Waals surface area contributed by atoms with E-state index >= 15 is 0 Å². The van der Waals surface area contributed by atoms with E-state index < -0.39 is 11.9 Å². The summed E-state index contributed by atoms with van der Waals surface area (Å²) < 4.78 is 1.86. The van der Waals surface area contributed by atoms with Crippen LogP contribution in [0.2, 0.25) is 0 Å². The summed E-state index contributed by atoms with van der Waals surface area (Å²) in [4.78, 5) is 39.1. The third-order valence-corrected chi connectivity index (χ3v) is 7.28. The van der Waals surface area contributed by atoms with E-state index in [0.717, 1.165) is 31.4 Å². The number of aliphatic carboxylic acids is 1. The molecule has 0 radical (unpaired) electrons. The van der Waals surface area contributed by atoms with Crippen LogP contribution in [0.25, 0.3) is 0 Å². The maximum Gasteiger partial charge on any atom is 0.307 e. The molecule has 0 aromatic carbocycles. The van der Waals surface area contributed by atoms with Gasteiger partial charge in [0, 0.05) is 37.3 Å². The van der Waals surface area contributed by atoms with E-state index in [1.165, 1.54) is 0 Å². The molecule has 3 fully saturated rings. The minimum Gasteiger partial charge on any atom is -0.481 e. The van der Waals surface area contributed by atoms with E-state index in [0.29, 0.717) is 19.6 Å². The number of hydrogen-bond acceptors (Lipinski definition) is 3. The largest absolute Gasteiger partial charge is 0.481 e. The highest BCUT2D eigenvalue weighted by atomic mass is 16.4. The van der Waals surface area contributed by atoms with Crippen molar-refractivity contribution in [2.75, 3.05) is 13.1 Å². The van der Waals surface area contributed by atoms with Gasteiger partial charge in [-0.3, -0.25) is 14.4 Å². The van der Waals surface area contributed by atoms with Crippen molar-refractivity contribution in [2.24, 2.45) is 29.6 Å². The lowest BCUT2D eigenvalue weighted by Crippen LogP contribution is -2.52. The van der Waals surface area contributed by atoms with Gasteiger partial charge in [0.25, 0.3) is 5.56 Å². The molecular formula is C20H24N2O4. The van der Waals surface area contributed by atoms with Gasteiger partial charge in [-0.1, -0.05) is 6.07 Å².